The van der Waals surface area contributed by atoms with Gasteiger partial charge in [-0.3, -0.25) is 4.79 Å². The summed E-state index contributed by atoms with van der Waals surface area (Å²) in [6, 6.07) is 4.44. The van der Waals surface area contributed by atoms with E-state index in [0.29, 0.717) is 16.6 Å². The molecule has 2 aliphatic rings. The SMILES string of the molecule is O=C(c1cc(F)cc(Br)c1)C1CCOC2(CCCCC2)C1. The Labute approximate surface area is 133 Å². The molecular weight excluding hydrogens is 335 g/mol. The van der Waals surface area contributed by atoms with E-state index in [2.05, 4.69) is 15.9 Å². The molecule has 0 aromatic heterocycles. The lowest BCUT2D eigenvalue weighted by Gasteiger charge is -2.43. The van der Waals surface area contributed by atoms with Crippen LogP contribution in [0.5, 0.6) is 0 Å². The molecule has 2 nitrogen and oxygen atoms in total. The molecule has 3 rings (SSSR count). The molecule has 114 valence electrons. The highest BCUT2D eigenvalue weighted by Gasteiger charge is 2.40. The number of ketones is 1. The van der Waals surface area contributed by atoms with Crippen LogP contribution in [0, 0.1) is 11.7 Å². The summed E-state index contributed by atoms with van der Waals surface area (Å²) >= 11 is 3.26. The number of hydrogen-bond donors (Lipinski definition) is 0. The third-order valence-corrected chi connectivity index (χ3v) is 5.23. The molecule has 0 bridgehead atoms. The summed E-state index contributed by atoms with van der Waals surface area (Å²) in [5.41, 5.74) is 0.376. The Morgan fingerprint density at radius 3 is 2.71 bits per heavy atom. The normalized spacial score (nSPS) is 25.0. The monoisotopic (exact) mass is 354 g/mol. The van der Waals surface area contributed by atoms with Crippen LogP contribution in [-0.2, 0) is 4.74 Å². The van der Waals surface area contributed by atoms with Crippen LogP contribution < -0.4 is 0 Å². The van der Waals surface area contributed by atoms with Crippen molar-refractivity contribution >= 4 is 21.7 Å². The van der Waals surface area contributed by atoms with Gasteiger partial charge in [0.05, 0.1) is 5.60 Å². The van der Waals surface area contributed by atoms with E-state index in [4.69, 9.17) is 4.74 Å². The number of Topliss-reactive ketones (excluding diaryl/α,β-unsaturated/α-hetero) is 1. The van der Waals surface area contributed by atoms with Crippen LogP contribution in [-0.4, -0.2) is 18.0 Å². The van der Waals surface area contributed by atoms with Crippen molar-refractivity contribution in [2.24, 2.45) is 5.92 Å². The van der Waals surface area contributed by atoms with Crippen molar-refractivity contribution in [2.45, 2.75) is 50.5 Å². The van der Waals surface area contributed by atoms with Crippen LogP contribution in [0.4, 0.5) is 4.39 Å². The number of rotatable bonds is 2. The van der Waals surface area contributed by atoms with Crippen molar-refractivity contribution in [3.8, 4) is 0 Å². The van der Waals surface area contributed by atoms with Crippen molar-refractivity contribution in [3.05, 3.63) is 34.1 Å². The largest absolute Gasteiger partial charge is 0.375 e. The van der Waals surface area contributed by atoms with Gasteiger partial charge in [-0.2, -0.15) is 0 Å². The predicted molar refractivity (Wildman–Crippen MR) is 82.9 cm³/mol. The van der Waals surface area contributed by atoms with E-state index in [-0.39, 0.29) is 23.1 Å². The van der Waals surface area contributed by atoms with Crippen molar-refractivity contribution in [1.29, 1.82) is 0 Å². The predicted octanol–water partition coefficient (Wildman–Crippen LogP) is 4.90. The lowest BCUT2D eigenvalue weighted by atomic mass is 9.74. The minimum absolute atomic E-state index is 0.0365. The number of hydrogen-bond acceptors (Lipinski definition) is 2. The van der Waals surface area contributed by atoms with Crippen LogP contribution >= 0.6 is 15.9 Å². The Hall–Kier alpha value is -0.740. The topological polar surface area (TPSA) is 26.3 Å². The van der Waals surface area contributed by atoms with Gasteiger partial charge in [-0.25, -0.2) is 4.39 Å². The van der Waals surface area contributed by atoms with Crippen LogP contribution in [0.25, 0.3) is 0 Å². The Kier molecular flexibility index (Phi) is 4.46. The van der Waals surface area contributed by atoms with Crippen LogP contribution in [0.2, 0.25) is 0 Å². The highest BCUT2D eigenvalue weighted by molar-refractivity contribution is 9.10. The second-order valence-corrected chi connectivity index (χ2v) is 7.22. The lowest BCUT2D eigenvalue weighted by molar-refractivity contribution is -0.111. The van der Waals surface area contributed by atoms with Crippen LogP contribution in [0.3, 0.4) is 0 Å². The molecule has 2 fully saturated rings. The molecule has 1 spiro atoms. The quantitative estimate of drug-likeness (QED) is 0.706. The van der Waals surface area contributed by atoms with Crippen molar-refractivity contribution in [2.75, 3.05) is 6.61 Å². The van der Waals surface area contributed by atoms with E-state index in [0.717, 1.165) is 25.7 Å². The number of carbonyl (C=O) groups excluding carboxylic acids is 1. The summed E-state index contributed by atoms with van der Waals surface area (Å²) < 4.78 is 20.1. The molecule has 1 aliphatic heterocycles. The first-order chi connectivity index (χ1) is 10.1. The number of ether oxygens (including phenoxy) is 1. The third kappa shape index (κ3) is 3.37. The van der Waals surface area contributed by atoms with Gasteiger partial charge in [0.15, 0.2) is 5.78 Å². The van der Waals surface area contributed by atoms with Crippen molar-refractivity contribution < 1.29 is 13.9 Å². The van der Waals surface area contributed by atoms with E-state index in [1.165, 1.54) is 31.4 Å². The molecule has 1 unspecified atom stereocenters. The molecule has 0 N–H and O–H groups in total. The second-order valence-electron chi connectivity index (χ2n) is 6.30. The van der Waals surface area contributed by atoms with Crippen molar-refractivity contribution in [1.82, 2.24) is 0 Å². The summed E-state index contributed by atoms with van der Waals surface area (Å²) in [5, 5.41) is 0. The van der Waals surface area contributed by atoms with Crippen LogP contribution in [0.1, 0.15) is 55.3 Å². The maximum absolute atomic E-state index is 13.5. The minimum Gasteiger partial charge on any atom is -0.375 e. The number of benzene rings is 1. The van der Waals surface area contributed by atoms with Gasteiger partial charge in [-0.15, -0.1) is 0 Å². The third-order valence-electron chi connectivity index (χ3n) is 4.78. The average Bonchev–Trinajstić information content (AvgIpc) is 2.46. The van der Waals surface area contributed by atoms with Gasteiger partial charge in [0, 0.05) is 22.6 Å². The van der Waals surface area contributed by atoms with E-state index in [9.17, 15) is 9.18 Å². The van der Waals surface area contributed by atoms with Crippen molar-refractivity contribution in [3.63, 3.8) is 0 Å². The van der Waals surface area contributed by atoms with Gasteiger partial charge in [0.2, 0.25) is 0 Å². The maximum atomic E-state index is 13.5. The summed E-state index contributed by atoms with van der Waals surface area (Å²) in [6.45, 7) is 0.646. The van der Waals surface area contributed by atoms with Gasteiger partial charge < -0.3 is 4.74 Å². The molecule has 21 heavy (non-hydrogen) atoms. The van der Waals surface area contributed by atoms with Gasteiger partial charge in [0.25, 0.3) is 0 Å². The fraction of sp³-hybridized carbons (Fsp3) is 0.588. The molecule has 0 radical (unpaired) electrons. The maximum Gasteiger partial charge on any atom is 0.166 e. The average molecular weight is 355 g/mol. The first-order valence-corrected chi connectivity index (χ1v) is 8.52. The van der Waals surface area contributed by atoms with Gasteiger partial charge in [0.1, 0.15) is 5.82 Å². The molecule has 1 aromatic carbocycles. The zero-order valence-corrected chi connectivity index (χ0v) is 13.6. The molecule has 1 aromatic rings. The Balaban J connectivity index is 1.77. The van der Waals surface area contributed by atoms with Crippen LogP contribution in [0.15, 0.2) is 22.7 Å². The summed E-state index contributed by atoms with van der Waals surface area (Å²) in [6.07, 6.45) is 7.29. The molecule has 1 aliphatic carbocycles. The van der Waals surface area contributed by atoms with Gasteiger partial charge >= 0.3 is 0 Å². The molecule has 1 heterocycles. The first-order valence-electron chi connectivity index (χ1n) is 7.72. The Morgan fingerprint density at radius 1 is 1.24 bits per heavy atom. The summed E-state index contributed by atoms with van der Waals surface area (Å²) in [5.74, 6) is -0.346. The second kappa shape index (κ2) is 6.17. The fourth-order valence-electron chi connectivity index (χ4n) is 3.73. The minimum atomic E-state index is -0.368. The Morgan fingerprint density at radius 2 is 2.00 bits per heavy atom. The summed E-state index contributed by atoms with van der Waals surface area (Å²) in [4.78, 5) is 12.7. The lowest BCUT2D eigenvalue weighted by Crippen LogP contribution is -2.43. The van der Waals surface area contributed by atoms with E-state index in [1.54, 1.807) is 6.07 Å². The molecular formula is C17H20BrFO2. The van der Waals surface area contributed by atoms with E-state index < -0.39 is 0 Å². The zero-order valence-electron chi connectivity index (χ0n) is 12.0. The molecule has 4 heteroatoms. The van der Waals surface area contributed by atoms with Gasteiger partial charge in [-0.05, 0) is 43.9 Å². The Bertz CT molecular complexity index is 512. The van der Waals surface area contributed by atoms with E-state index >= 15 is 0 Å². The standard InChI is InChI=1S/C17H20BrFO2/c18-14-8-13(9-15(19)10-14)16(20)12-4-7-21-17(11-12)5-2-1-3-6-17/h8-10,12H,1-7,11H2. The number of carbonyl (C=O) groups is 1. The molecule has 1 saturated heterocycles. The highest BCUT2D eigenvalue weighted by Crippen LogP contribution is 2.41. The molecule has 0 amide bonds. The van der Waals surface area contributed by atoms with Gasteiger partial charge in [-0.1, -0.05) is 35.2 Å². The highest BCUT2D eigenvalue weighted by atomic mass is 79.9. The molecule has 1 atom stereocenters. The van der Waals surface area contributed by atoms with E-state index in [1.807, 2.05) is 0 Å². The fourth-order valence-corrected chi connectivity index (χ4v) is 4.19. The number of halogens is 2. The zero-order chi connectivity index (χ0) is 14.9. The summed E-state index contributed by atoms with van der Waals surface area (Å²) in [7, 11) is 0. The molecule has 1 saturated carbocycles. The smallest absolute Gasteiger partial charge is 0.166 e. The first kappa shape index (κ1) is 15.2.